The van der Waals surface area contributed by atoms with Gasteiger partial charge in [0, 0.05) is 24.8 Å². The van der Waals surface area contributed by atoms with Crippen molar-refractivity contribution in [2.24, 2.45) is 7.05 Å². The summed E-state index contributed by atoms with van der Waals surface area (Å²) in [7, 11) is 1.82. The van der Waals surface area contributed by atoms with Gasteiger partial charge in [0.05, 0.1) is 40.0 Å². The van der Waals surface area contributed by atoms with E-state index in [0.29, 0.717) is 32.8 Å². The number of pyridine rings is 1. The van der Waals surface area contributed by atoms with E-state index in [4.69, 9.17) is 10.7 Å². The summed E-state index contributed by atoms with van der Waals surface area (Å²) >= 11 is 1.33. The topological polar surface area (TPSA) is 125 Å². The predicted molar refractivity (Wildman–Crippen MR) is 150 cm³/mol. The lowest BCUT2D eigenvalue weighted by Gasteiger charge is -2.19. The first-order valence-electron chi connectivity index (χ1n) is 12.0. The highest BCUT2D eigenvalue weighted by molar-refractivity contribution is 7.17. The fraction of sp³-hybridized carbons (Fsp3) is 0.107. The number of benzene rings is 1. The highest BCUT2D eigenvalue weighted by atomic mass is 32.1. The third kappa shape index (κ3) is 4.32. The van der Waals surface area contributed by atoms with Crippen molar-refractivity contribution < 1.29 is 4.79 Å². The average molecular weight is 535 g/mol. The lowest BCUT2D eigenvalue weighted by molar-refractivity contribution is 0.0940. The molecule has 11 heteroatoms. The van der Waals surface area contributed by atoms with Gasteiger partial charge < -0.3 is 11.1 Å². The van der Waals surface area contributed by atoms with Crippen molar-refractivity contribution in [2.45, 2.75) is 13.0 Å². The number of para-hydroxylation sites is 1. The lowest BCUT2D eigenvalue weighted by Crippen LogP contribution is -2.33. The van der Waals surface area contributed by atoms with Crippen molar-refractivity contribution in [3.63, 3.8) is 0 Å². The number of amides is 1. The van der Waals surface area contributed by atoms with E-state index in [1.807, 2.05) is 48.8 Å². The molecule has 6 aromatic rings. The predicted octanol–water partition coefficient (Wildman–Crippen LogP) is 3.30. The summed E-state index contributed by atoms with van der Waals surface area (Å²) in [4.78, 5) is 32.7. The van der Waals surface area contributed by atoms with Crippen LogP contribution in [0.2, 0.25) is 0 Å². The maximum atomic E-state index is 14.0. The molecule has 0 bridgehead atoms. The Labute approximate surface area is 226 Å². The Kier molecular flexibility index (Phi) is 5.94. The van der Waals surface area contributed by atoms with Crippen LogP contribution in [0.1, 0.15) is 40.3 Å². The summed E-state index contributed by atoms with van der Waals surface area (Å²) in [5.41, 5.74) is 8.62. The zero-order chi connectivity index (χ0) is 27.1. The monoisotopic (exact) mass is 534 g/mol. The normalized spacial score (nSPS) is 11.8. The number of anilines is 1. The Hall–Kier alpha value is -5.21. The van der Waals surface area contributed by atoms with E-state index in [2.05, 4.69) is 27.4 Å². The molecule has 0 fully saturated rings. The van der Waals surface area contributed by atoms with Crippen molar-refractivity contribution in [2.75, 3.05) is 5.73 Å². The summed E-state index contributed by atoms with van der Waals surface area (Å²) in [5, 5.41) is 13.6. The first-order valence-corrected chi connectivity index (χ1v) is 12.9. The fourth-order valence-electron chi connectivity index (χ4n) is 4.42. The van der Waals surface area contributed by atoms with E-state index in [0.717, 1.165) is 5.56 Å². The SMILES string of the molecule is C[C@H](NC(=O)c1c(N)nn2ccccc12)c1nc2scc(C#Cc3cnn(C)c3)c2c(=O)n1-c1ccccc1. The molecule has 1 aromatic carbocycles. The highest BCUT2D eigenvalue weighted by Gasteiger charge is 2.24. The average Bonchev–Trinajstić information content (AvgIpc) is 3.63. The molecule has 39 heavy (non-hydrogen) atoms. The standard InChI is InChI=1S/C28H22N8O2S/c1-17(31-26(37)23-21-10-6-7-13-35(21)33-24(23)29)25-32-27-22(28(38)36(25)20-8-4-3-5-9-20)19(16-39-27)12-11-18-14-30-34(2)15-18/h3-10,13-17H,1-2H3,(H2,29,33)(H,31,37)/t17-/m0/s1. The minimum absolute atomic E-state index is 0.116. The summed E-state index contributed by atoms with van der Waals surface area (Å²) < 4.78 is 4.75. The van der Waals surface area contributed by atoms with Gasteiger partial charge in [0.2, 0.25) is 0 Å². The Balaban J connectivity index is 1.45. The molecule has 1 atom stereocenters. The molecule has 5 heterocycles. The second-order valence-corrected chi connectivity index (χ2v) is 9.77. The molecule has 192 valence electrons. The van der Waals surface area contributed by atoms with Gasteiger partial charge in [-0.3, -0.25) is 18.8 Å². The number of carbonyl (C=O) groups excluding carboxylic acids is 1. The van der Waals surface area contributed by atoms with E-state index >= 15 is 0 Å². The zero-order valence-corrected chi connectivity index (χ0v) is 21.8. The Morgan fingerprint density at radius 2 is 1.92 bits per heavy atom. The van der Waals surface area contributed by atoms with Gasteiger partial charge in [-0.05, 0) is 31.2 Å². The number of hydrogen-bond acceptors (Lipinski definition) is 7. The Morgan fingerprint density at radius 3 is 2.69 bits per heavy atom. The number of hydrogen-bond donors (Lipinski definition) is 2. The van der Waals surface area contributed by atoms with E-state index < -0.39 is 11.9 Å². The maximum Gasteiger partial charge on any atom is 0.268 e. The molecular weight excluding hydrogens is 512 g/mol. The zero-order valence-electron chi connectivity index (χ0n) is 21.0. The van der Waals surface area contributed by atoms with Gasteiger partial charge in [0.15, 0.2) is 5.82 Å². The van der Waals surface area contributed by atoms with Crippen LogP contribution in [-0.4, -0.2) is 34.9 Å². The Morgan fingerprint density at radius 1 is 1.13 bits per heavy atom. The number of carbonyl (C=O) groups is 1. The van der Waals surface area contributed by atoms with Crippen LogP contribution in [0.25, 0.3) is 21.4 Å². The minimum Gasteiger partial charge on any atom is -0.382 e. The van der Waals surface area contributed by atoms with Crippen molar-refractivity contribution in [3.05, 3.63) is 105 Å². The number of thiophene rings is 1. The fourth-order valence-corrected chi connectivity index (χ4v) is 5.29. The van der Waals surface area contributed by atoms with Crippen LogP contribution in [0.4, 0.5) is 5.82 Å². The molecule has 0 aliphatic rings. The second kappa shape index (κ2) is 9.59. The number of rotatable bonds is 4. The Bertz CT molecular complexity index is 1990. The number of fused-ring (bicyclic) bond motifs is 2. The number of aryl methyl sites for hydroxylation is 1. The van der Waals surface area contributed by atoms with Gasteiger partial charge >= 0.3 is 0 Å². The molecular formula is C28H22N8O2S. The molecule has 0 spiro atoms. The second-order valence-electron chi connectivity index (χ2n) is 8.91. The van der Waals surface area contributed by atoms with Crippen LogP contribution in [0.3, 0.4) is 0 Å². The number of nitrogens with one attached hydrogen (secondary N) is 1. The first kappa shape index (κ1) is 24.1. The largest absolute Gasteiger partial charge is 0.382 e. The first-order chi connectivity index (χ1) is 18.9. The van der Waals surface area contributed by atoms with Gasteiger partial charge in [0.1, 0.15) is 16.2 Å². The minimum atomic E-state index is -0.639. The van der Waals surface area contributed by atoms with Gasteiger partial charge in [-0.1, -0.05) is 36.1 Å². The molecule has 5 aromatic heterocycles. The smallest absolute Gasteiger partial charge is 0.268 e. The summed E-state index contributed by atoms with van der Waals surface area (Å²) in [6, 6.07) is 13.9. The summed E-state index contributed by atoms with van der Waals surface area (Å²) in [5.74, 6) is 6.25. The van der Waals surface area contributed by atoms with E-state index in [-0.39, 0.29) is 16.9 Å². The quantitative estimate of drug-likeness (QED) is 0.335. The van der Waals surface area contributed by atoms with E-state index in [1.165, 1.54) is 15.9 Å². The number of nitrogen functional groups attached to an aromatic ring is 1. The van der Waals surface area contributed by atoms with Crippen LogP contribution in [0.5, 0.6) is 0 Å². The van der Waals surface area contributed by atoms with Crippen LogP contribution >= 0.6 is 11.3 Å². The highest BCUT2D eigenvalue weighted by Crippen LogP contribution is 2.25. The molecule has 10 nitrogen and oxygen atoms in total. The molecule has 0 saturated carbocycles. The van der Waals surface area contributed by atoms with Crippen molar-refractivity contribution in [1.82, 2.24) is 34.3 Å². The molecule has 0 unspecified atom stereocenters. The van der Waals surface area contributed by atoms with Gasteiger partial charge in [0.25, 0.3) is 11.5 Å². The number of nitrogens with zero attached hydrogens (tertiary/aromatic N) is 6. The third-order valence-corrected chi connectivity index (χ3v) is 7.10. The molecule has 0 aliphatic carbocycles. The van der Waals surface area contributed by atoms with Crippen molar-refractivity contribution in [1.29, 1.82) is 0 Å². The molecule has 1 amide bonds. The third-order valence-electron chi connectivity index (χ3n) is 6.22. The van der Waals surface area contributed by atoms with E-state index in [1.54, 1.807) is 46.8 Å². The van der Waals surface area contributed by atoms with Gasteiger partial charge in [-0.15, -0.1) is 16.4 Å². The van der Waals surface area contributed by atoms with Gasteiger partial charge in [-0.2, -0.15) is 5.10 Å². The van der Waals surface area contributed by atoms with Crippen LogP contribution in [0, 0.1) is 11.8 Å². The molecule has 0 saturated heterocycles. The van der Waals surface area contributed by atoms with Crippen molar-refractivity contribution >= 4 is 38.8 Å². The number of nitrogens with two attached hydrogens (primary N) is 1. The molecule has 3 N–H and O–H groups in total. The molecule has 6 rings (SSSR count). The molecule has 0 aliphatic heterocycles. The lowest BCUT2D eigenvalue weighted by atomic mass is 10.2. The van der Waals surface area contributed by atoms with Crippen molar-refractivity contribution in [3.8, 4) is 17.5 Å². The maximum absolute atomic E-state index is 14.0. The van der Waals surface area contributed by atoms with Crippen LogP contribution < -0.4 is 16.6 Å². The van der Waals surface area contributed by atoms with Gasteiger partial charge in [-0.25, -0.2) is 9.50 Å². The molecule has 0 radical (unpaired) electrons. The summed E-state index contributed by atoms with van der Waals surface area (Å²) in [6.07, 6.45) is 5.20. The van der Waals surface area contributed by atoms with Crippen LogP contribution in [-0.2, 0) is 7.05 Å². The van der Waals surface area contributed by atoms with E-state index in [9.17, 15) is 9.59 Å². The number of aromatic nitrogens is 6. The summed E-state index contributed by atoms with van der Waals surface area (Å²) in [6.45, 7) is 1.78. The van der Waals surface area contributed by atoms with Crippen LogP contribution in [0.15, 0.2) is 77.3 Å².